The number of hydrogen-bond donors (Lipinski definition) is 2. The Morgan fingerprint density at radius 3 is 2.52 bits per heavy atom. The van der Waals surface area contributed by atoms with Gasteiger partial charge in [0.1, 0.15) is 6.04 Å². The smallest absolute Gasteiger partial charge is 0.347 e. The topological polar surface area (TPSA) is 133 Å². The number of rotatable bonds is 7. The van der Waals surface area contributed by atoms with Crippen LogP contribution in [0.3, 0.4) is 0 Å². The summed E-state index contributed by atoms with van der Waals surface area (Å²) in [7, 11) is -4.82. The van der Waals surface area contributed by atoms with Gasteiger partial charge in [0.15, 0.2) is 5.78 Å². The van der Waals surface area contributed by atoms with E-state index in [0.29, 0.717) is 30.2 Å². The van der Waals surface area contributed by atoms with Gasteiger partial charge in [0.25, 0.3) is 0 Å². The largest absolute Gasteiger partial charge is 0.418 e. The third-order valence-corrected chi connectivity index (χ3v) is 5.85. The number of nitrogens with one attached hydrogen (secondary N) is 1. The number of carbonyl (C=O) groups excluding carboxylic acids is 3. The monoisotopic (exact) mass is 403 g/mol. The van der Waals surface area contributed by atoms with Crippen molar-refractivity contribution in [3.8, 4) is 0 Å². The fourth-order valence-electron chi connectivity index (χ4n) is 4.19. The lowest BCUT2D eigenvalue weighted by Gasteiger charge is -2.29. The molecular weight excluding hydrogens is 378 g/mol. The Morgan fingerprint density at radius 1 is 1.15 bits per heavy atom. The van der Waals surface area contributed by atoms with Crippen molar-refractivity contribution in [2.45, 2.75) is 63.5 Å². The molecular formula is C16H25N3O7S. The molecule has 11 heteroatoms. The van der Waals surface area contributed by atoms with Crippen molar-refractivity contribution >= 4 is 28.1 Å². The third kappa shape index (κ3) is 4.96. The maximum atomic E-state index is 12.4. The standard InChI is InChI=1S/C16H25N3O7S/c20-13(8-11-4-2-1-3-5-11)9-17-15(21)14-7-6-12-10-18(14)16(22)19(12)26-27(23,24)25/h11-12,14H,1-10H2,(H,17,21)(H,23,24,25)/t12-,14+/m1/s1. The Bertz CT molecular complexity index is 705. The van der Waals surface area contributed by atoms with E-state index in [1.54, 1.807) is 0 Å². The lowest BCUT2D eigenvalue weighted by Crippen LogP contribution is -2.50. The van der Waals surface area contributed by atoms with Crippen molar-refractivity contribution < 1.29 is 31.6 Å². The molecule has 0 aromatic carbocycles. The Labute approximate surface area is 158 Å². The number of carbonyl (C=O) groups is 3. The van der Waals surface area contributed by atoms with Gasteiger partial charge in [-0.3, -0.25) is 14.1 Å². The molecule has 0 spiro atoms. The molecule has 3 fully saturated rings. The number of amides is 3. The minimum atomic E-state index is -4.82. The summed E-state index contributed by atoms with van der Waals surface area (Å²) in [6, 6.07) is -2.12. The first-order chi connectivity index (χ1) is 12.7. The van der Waals surface area contributed by atoms with Gasteiger partial charge in [0.2, 0.25) is 5.91 Å². The van der Waals surface area contributed by atoms with E-state index in [1.807, 2.05) is 0 Å². The maximum Gasteiger partial charge on any atom is 0.418 e. The van der Waals surface area contributed by atoms with Crippen molar-refractivity contribution in [3.05, 3.63) is 0 Å². The molecule has 2 heterocycles. The molecule has 0 aromatic heterocycles. The highest BCUT2D eigenvalue weighted by atomic mass is 32.3. The molecule has 2 saturated heterocycles. The first-order valence-electron chi connectivity index (χ1n) is 9.31. The van der Waals surface area contributed by atoms with Gasteiger partial charge >= 0.3 is 16.4 Å². The zero-order valence-electron chi connectivity index (χ0n) is 15.0. The average molecular weight is 403 g/mol. The highest BCUT2D eigenvalue weighted by Crippen LogP contribution is 2.31. The lowest BCUT2D eigenvalue weighted by molar-refractivity contribution is -0.129. The second-order valence-corrected chi connectivity index (χ2v) is 8.48. The number of ketones is 1. The molecule has 3 aliphatic rings. The van der Waals surface area contributed by atoms with Gasteiger partial charge < -0.3 is 10.2 Å². The predicted octanol–water partition coefficient (Wildman–Crippen LogP) is 0.645. The second kappa shape index (κ2) is 8.11. The zero-order chi connectivity index (χ0) is 19.6. The number of hydroxylamine groups is 2. The summed E-state index contributed by atoms with van der Waals surface area (Å²) < 4.78 is 34.9. The van der Waals surface area contributed by atoms with Gasteiger partial charge in [-0.15, -0.1) is 4.28 Å². The van der Waals surface area contributed by atoms with Gasteiger partial charge in [0.05, 0.1) is 12.6 Å². The maximum absolute atomic E-state index is 12.4. The molecule has 0 aromatic rings. The van der Waals surface area contributed by atoms with Crippen molar-refractivity contribution in [2.75, 3.05) is 13.1 Å². The molecule has 10 nitrogen and oxygen atoms in total. The number of nitrogens with zero attached hydrogens (tertiary/aromatic N) is 2. The number of fused-ring (bicyclic) bond motifs is 2. The number of hydrogen-bond acceptors (Lipinski definition) is 6. The number of piperidine rings is 1. The van der Waals surface area contributed by atoms with E-state index in [9.17, 15) is 22.8 Å². The van der Waals surface area contributed by atoms with Crippen LogP contribution in [0, 0.1) is 5.92 Å². The highest BCUT2D eigenvalue weighted by Gasteiger charge is 2.49. The number of urea groups is 1. The van der Waals surface area contributed by atoms with Crippen LogP contribution in [0.15, 0.2) is 0 Å². The van der Waals surface area contributed by atoms with Crippen LogP contribution in [-0.4, -0.2) is 65.8 Å². The number of Topliss-reactive ketones (excluding diaryl/α,β-unsaturated/α-hetero) is 1. The van der Waals surface area contributed by atoms with Gasteiger partial charge in [-0.2, -0.15) is 13.5 Å². The van der Waals surface area contributed by atoms with Crippen molar-refractivity contribution in [2.24, 2.45) is 5.92 Å². The van der Waals surface area contributed by atoms with Gasteiger partial charge in [-0.05, 0) is 18.8 Å². The van der Waals surface area contributed by atoms with Crippen molar-refractivity contribution in [1.82, 2.24) is 15.3 Å². The van der Waals surface area contributed by atoms with E-state index in [1.165, 1.54) is 11.3 Å². The predicted molar refractivity (Wildman–Crippen MR) is 92.6 cm³/mol. The second-order valence-electron chi connectivity index (χ2n) is 7.47. The molecule has 2 aliphatic heterocycles. The molecule has 3 amide bonds. The van der Waals surface area contributed by atoms with E-state index in [0.717, 1.165) is 25.7 Å². The zero-order valence-corrected chi connectivity index (χ0v) is 15.8. The van der Waals surface area contributed by atoms with E-state index >= 15 is 0 Å². The minimum absolute atomic E-state index is 0.0204. The summed E-state index contributed by atoms with van der Waals surface area (Å²) in [5, 5.41) is 3.19. The van der Waals surface area contributed by atoms with E-state index < -0.39 is 34.4 Å². The molecule has 2 atom stereocenters. The molecule has 0 radical (unpaired) electrons. The summed E-state index contributed by atoms with van der Waals surface area (Å²) >= 11 is 0. The fraction of sp³-hybridized carbons (Fsp3) is 0.812. The fourth-order valence-corrected chi connectivity index (χ4v) is 4.58. The molecule has 1 saturated carbocycles. The van der Waals surface area contributed by atoms with E-state index in [-0.39, 0.29) is 18.9 Å². The van der Waals surface area contributed by atoms with Crippen molar-refractivity contribution in [1.29, 1.82) is 0 Å². The first-order valence-corrected chi connectivity index (χ1v) is 10.7. The normalized spacial score (nSPS) is 26.3. The van der Waals surface area contributed by atoms with Gasteiger partial charge in [-0.25, -0.2) is 4.79 Å². The van der Waals surface area contributed by atoms with Crippen LogP contribution in [0.5, 0.6) is 0 Å². The first kappa shape index (κ1) is 20.0. The van der Waals surface area contributed by atoms with Crippen LogP contribution in [0.1, 0.15) is 51.4 Å². The summed E-state index contributed by atoms with van der Waals surface area (Å²) in [5.41, 5.74) is 0. The molecule has 2 bridgehead atoms. The SMILES string of the molecule is O=C(CNC(=O)[C@@H]1CC[C@@H]2CN1C(=O)N2OS(=O)(=O)O)CC1CCCCC1. The van der Waals surface area contributed by atoms with Crippen LogP contribution in [-0.2, 0) is 24.3 Å². The quantitative estimate of drug-likeness (QED) is 0.596. The van der Waals surface area contributed by atoms with Crippen LogP contribution >= 0.6 is 0 Å². The third-order valence-electron chi connectivity index (χ3n) is 5.50. The van der Waals surface area contributed by atoms with E-state index in [4.69, 9.17) is 4.55 Å². The molecule has 0 unspecified atom stereocenters. The van der Waals surface area contributed by atoms with Crippen molar-refractivity contribution in [3.63, 3.8) is 0 Å². The van der Waals surface area contributed by atoms with Crippen LogP contribution in [0.4, 0.5) is 4.79 Å². The Morgan fingerprint density at radius 2 is 1.85 bits per heavy atom. The van der Waals surface area contributed by atoms with Crippen LogP contribution < -0.4 is 5.32 Å². The van der Waals surface area contributed by atoms with Gasteiger partial charge in [0, 0.05) is 13.0 Å². The Hall–Kier alpha value is -1.72. The molecule has 3 rings (SSSR count). The average Bonchev–Trinajstić information content (AvgIpc) is 2.84. The van der Waals surface area contributed by atoms with Crippen LogP contribution in [0.25, 0.3) is 0 Å². The van der Waals surface area contributed by atoms with E-state index in [2.05, 4.69) is 9.60 Å². The summed E-state index contributed by atoms with van der Waals surface area (Å²) in [5.74, 6) is -0.0644. The summed E-state index contributed by atoms with van der Waals surface area (Å²) in [6.07, 6.45) is 6.75. The lowest BCUT2D eigenvalue weighted by atomic mass is 9.86. The molecule has 1 aliphatic carbocycles. The molecule has 152 valence electrons. The molecule has 2 N–H and O–H groups in total. The Balaban J connectivity index is 1.50. The van der Waals surface area contributed by atoms with Gasteiger partial charge in [-0.1, -0.05) is 32.1 Å². The Kier molecular flexibility index (Phi) is 6.02. The summed E-state index contributed by atoms with van der Waals surface area (Å²) in [4.78, 5) is 38.0. The highest BCUT2D eigenvalue weighted by molar-refractivity contribution is 7.80. The minimum Gasteiger partial charge on any atom is -0.347 e. The molecule has 27 heavy (non-hydrogen) atoms. The summed E-state index contributed by atoms with van der Waals surface area (Å²) in [6.45, 7) is 0.0605. The van der Waals surface area contributed by atoms with Crippen LogP contribution in [0.2, 0.25) is 0 Å².